The predicted molar refractivity (Wildman–Crippen MR) is 103 cm³/mol. The van der Waals surface area contributed by atoms with Crippen LogP contribution in [0.2, 0.25) is 0 Å². The maximum Gasteiger partial charge on any atom is 0.344 e. The summed E-state index contributed by atoms with van der Waals surface area (Å²) < 4.78 is 5.61. The highest BCUT2D eigenvalue weighted by atomic mass is 16.4. The van der Waals surface area contributed by atoms with Crippen LogP contribution in [0.3, 0.4) is 0 Å². The van der Waals surface area contributed by atoms with Gasteiger partial charge in [0.15, 0.2) is 0 Å². The van der Waals surface area contributed by atoms with E-state index < -0.39 is 0 Å². The molecule has 4 rings (SSSR count). The van der Waals surface area contributed by atoms with Gasteiger partial charge in [-0.1, -0.05) is 60.7 Å². The van der Waals surface area contributed by atoms with Crippen molar-refractivity contribution in [1.29, 1.82) is 0 Å². The number of benzene rings is 3. The molecule has 4 aromatic rings. The van der Waals surface area contributed by atoms with E-state index in [9.17, 15) is 9.90 Å². The molecule has 3 heteroatoms. The fraction of sp³-hybridized carbons (Fsp3) is 0. The van der Waals surface area contributed by atoms with Crippen LogP contribution in [0.1, 0.15) is 0 Å². The lowest BCUT2D eigenvalue weighted by molar-refractivity contribution is 0.475. The van der Waals surface area contributed by atoms with E-state index in [-0.39, 0.29) is 11.4 Å². The Labute approximate surface area is 150 Å². The van der Waals surface area contributed by atoms with Gasteiger partial charge in [-0.2, -0.15) is 0 Å². The molecule has 0 fully saturated rings. The van der Waals surface area contributed by atoms with Crippen LogP contribution in [0.5, 0.6) is 5.75 Å². The molecule has 0 unspecified atom stereocenters. The van der Waals surface area contributed by atoms with Crippen molar-refractivity contribution in [3.63, 3.8) is 0 Å². The Hall–Kier alpha value is -3.59. The first kappa shape index (κ1) is 15.9. The summed E-state index contributed by atoms with van der Waals surface area (Å²) in [7, 11) is 0. The largest absolute Gasteiger partial charge is 0.508 e. The third-order valence-electron chi connectivity index (χ3n) is 4.25. The van der Waals surface area contributed by atoms with Crippen molar-refractivity contribution in [3.8, 4) is 39.3 Å². The zero-order chi connectivity index (χ0) is 17.9. The lowest BCUT2D eigenvalue weighted by atomic mass is 9.95. The van der Waals surface area contributed by atoms with Crippen LogP contribution in [-0.2, 0) is 0 Å². The number of hydrogen-bond donors (Lipinski definition) is 1. The SMILES string of the molecule is O=c1oc(-c2ccc(O)cc2)cc(-c2ccccc2)c1-c1ccccc1. The van der Waals surface area contributed by atoms with E-state index in [0.29, 0.717) is 11.3 Å². The normalized spacial score (nSPS) is 10.6. The molecule has 0 spiro atoms. The van der Waals surface area contributed by atoms with Gasteiger partial charge in [0.05, 0.1) is 5.56 Å². The van der Waals surface area contributed by atoms with Gasteiger partial charge in [-0.15, -0.1) is 0 Å². The van der Waals surface area contributed by atoms with E-state index in [1.54, 1.807) is 24.3 Å². The Bertz CT molecular complexity index is 1080. The molecule has 0 saturated heterocycles. The van der Waals surface area contributed by atoms with Crippen molar-refractivity contribution in [3.05, 3.63) is 101 Å². The van der Waals surface area contributed by atoms with E-state index in [0.717, 1.165) is 22.3 Å². The van der Waals surface area contributed by atoms with E-state index >= 15 is 0 Å². The summed E-state index contributed by atoms with van der Waals surface area (Å²) in [6.07, 6.45) is 0. The minimum absolute atomic E-state index is 0.167. The Morgan fingerprint density at radius 2 is 1.23 bits per heavy atom. The maximum absolute atomic E-state index is 12.9. The number of rotatable bonds is 3. The second kappa shape index (κ2) is 6.73. The van der Waals surface area contributed by atoms with Gasteiger partial charge < -0.3 is 9.52 Å². The molecule has 26 heavy (non-hydrogen) atoms. The van der Waals surface area contributed by atoms with Gasteiger partial charge in [0.1, 0.15) is 11.5 Å². The van der Waals surface area contributed by atoms with Gasteiger partial charge in [-0.3, -0.25) is 0 Å². The summed E-state index contributed by atoms with van der Waals surface area (Å²) in [5, 5.41) is 9.49. The number of hydrogen-bond acceptors (Lipinski definition) is 3. The fourth-order valence-corrected chi connectivity index (χ4v) is 2.99. The quantitative estimate of drug-likeness (QED) is 0.547. The summed E-state index contributed by atoms with van der Waals surface area (Å²) in [5.74, 6) is 0.633. The Morgan fingerprint density at radius 3 is 1.85 bits per heavy atom. The Balaban J connectivity index is 1.98. The summed E-state index contributed by atoms with van der Waals surface area (Å²) >= 11 is 0. The van der Waals surface area contributed by atoms with Crippen LogP contribution in [0.4, 0.5) is 0 Å². The predicted octanol–water partition coefficient (Wildman–Crippen LogP) is 5.35. The van der Waals surface area contributed by atoms with Crippen molar-refractivity contribution in [2.45, 2.75) is 0 Å². The van der Waals surface area contributed by atoms with Crippen LogP contribution >= 0.6 is 0 Å². The van der Waals surface area contributed by atoms with E-state index in [1.807, 2.05) is 66.7 Å². The second-order valence-electron chi connectivity index (χ2n) is 5.97. The molecule has 0 aliphatic rings. The third kappa shape index (κ3) is 3.03. The minimum Gasteiger partial charge on any atom is -0.508 e. The fourth-order valence-electron chi connectivity index (χ4n) is 2.99. The van der Waals surface area contributed by atoms with Gasteiger partial charge in [0.2, 0.25) is 0 Å². The van der Waals surface area contributed by atoms with Gasteiger partial charge in [0.25, 0.3) is 0 Å². The van der Waals surface area contributed by atoms with Crippen molar-refractivity contribution in [1.82, 2.24) is 0 Å². The molecule has 1 aromatic heterocycles. The van der Waals surface area contributed by atoms with E-state index in [1.165, 1.54) is 0 Å². The molecule has 126 valence electrons. The topological polar surface area (TPSA) is 50.4 Å². The molecule has 3 nitrogen and oxygen atoms in total. The molecule has 1 heterocycles. The molecule has 0 amide bonds. The van der Waals surface area contributed by atoms with Gasteiger partial charge in [-0.05, 0) is 41.5 Å². The summed E-state index contributed by atoms with van der Waals surface area (Å²) in [6.45, 7) is 0. The average molecular weight is 340 g/mol. The maximum atomic E-state index is 12.9. The van der Waals surface area contributed by atoms with Crippen LogP contribution in [0, 0.1) is 0 Å². The molecular weight excluding hydrogens is 324 g/mol. The van der Waals surface area contributed by atoms with Crippen LogP contribution < -0.4 is 5.63 Å². The third-order valence-corrected chi connectivity index (χ3v) is 4.25. The summed E-state index contributed by atoms with van der Waals surface area (Å²) in [6, 6.07) is 27.8. The second-order valence-corrected chi connectivity index (χ2v) is 5.97. The van der Waals surface area contributed by atoms with E-state index in [4.69, 9.17) is 4.42 Å². The number of phenolic OH excluding ortho intramolecular Hbond substituents is 1. The lowest BCUT2D eigenvalue weighted by Gasteiger charge is -2.11. The van der Waals surface area contributed by atoms with Gasteiger partial charge in [-0.25, -0.2) is 4.79 Å². The van der Waals surface area contributed by atoms with Crippen LogP contribution in [-0.4, -0.2) is 5.11 Å². The average Bonchev–Trinajstić information content (AvgIpc) is 2.69. The molecule has 0 saturated carbocycles. The first-order chi connectivity index (χ1) is 12.7. The number of aromatic hydroxyl groups is 1. The molecule has 0 radical (unpaired) electrons. The molecule has 1 N–H and O–H groups in total. The molecular formula is C23H16O3. The molecule has 0 aliphatic heterocycles. The first-order valence-corrected chi connectivity index (χ1v) is 8.31. The highest BCUT2D eigenvalue weighted by molar-refractivity contribution is 5.84. The smallest absolute Gasteiger partial charge is 0.344 e. The minimum atomic E-state index is -0.388. The van der Waals surface area contributed by atoms with Crippen LogP contribution in [0.15, 0.2) is 100 Å². The molecule has 3 aromatic carbocycles. The van der Waals surface area contributed by atoms with Crippen molar-refractivity contribution < 1.29 is 9.52 Å². The zero-order valence-corrected chi connectivity index (χ0v) is 13.9. The van der Waals surface area contributed by atoms with Gasteiger partial charge in [0, 0.05) is 11.1 Å². The zero-order valence-electron chi connectivity index (χ0n) is 13.9. The summed E-state index contributed by atoms with van der Waals surface area (Å²) in [5.41, 5.74) is 3.46. The monoisotopic (exact) mass is 340 g/mol. The first-order valence-electron chi connectivity index (χ1n) is 8.31. The Kier molecular flexibility index (Phi) is 4.12. The highest BCUT2D eigenvalue weighted by Crippen LogP contribution is 2.33. The highest BCUT2D eigenvalue weighted by Gasteiger charge is 2.16. The summed E-state index contributed by atoms with van der Waals surface area (Å²) in [4.78, 5) is 12.9. The van der Waals surface area contributed by atoms with Crippen molar-refractivity contribution in [2.24, 2.45) is 0 Å². The molecule has 0 atom stereocenters. The van der Waals surface area contributed by atoms with Gasteiger partial charge >= 0.3 is 5.63 Å². The van der Waals surface area contributed by atoms with E-state index in [2.05, 4.69) is 0 Å². The molecule has 0 bridgehead atoms. The standard InChI is InChI=1S/C23H16O3/c24-19-13-11-17(12-14-19)21-15-20(16-7-3-1-4-8-16)22(23(25)26-21)18-9-5-2-6-10-18/h1-15,24H. The lowest BCUT2D eigenvalue weighted by Crippen LogP contribution is -2.06. The molecule has 0 aliphatic carbocycles. The number of phenols is 1. The van der Waals surface area contributed by atoms with Crippen molar-refractivity contribution in [2.75, 3.05) is 0 Å². The van der Waals surface area contributed by atoms with Crippen molar-refractivity contribution >= 4 is 0 Å². The Morgan fingerprint density at radius 1 is 0.654 bits per heavy atom. The van der Waals surface area contributed by atoms with Crippen LogP contribution in [0.25, 0.3) is 33.6 Å².